The lowest BCUT2D eigenvalue weighted by molar-refractivity contribution is 1.01. The summed E-state index contributed by atoms with van der Waals surface area (Å²) in [5, 5.41) is 9.57. The van der Waals surface area contributed by atoms with Crippen LogP contribution in [-0.4, -0.2) is 23.3 Å². The first-order valence-electron chi connectivity index (χ1n) is 21.9. The first-order chi connectivity index (χ1) is 31.8. The molecule has 5 heteroatoms. The minimum atomic E-state index is 0.849. The zero-order valence-electron chi connectivity index (χ0n) is 34.6. The smallest absolute Gasteiger partial charge is 0.140 e. The lowest BCUT2D eigenvalue weighted by Crippen LogP contribution is -2.06. The van der Waals surface area contributed by atoms with E-state index in [4.69, 9.17) is 4.98 Å². The Balaban J connectivity index is 1.17. The van der Waals surface area contributed by atoms with Crippen molar-refractivity contribution in [3.05, 3.63) is 224 Å². The molecule has 298 valence electrons. The highest BCUT2D eigenvalue weighted by molar-refractivity contribution is 6.25. The van der Waals surface area contributed by atoms with E-state index < -0.39 is 0 Å². The van der Waals surface area contributed by atoms with Crippen molar-refractivity contribution in [1.29, 1.82) is 0 Å². The molecular weight excluding hydrogens is 779 g/mol. The van der Waals surface area contributed by atoms with Crippen molar-refractivity contribution in [2.45, 2.75) is 0 Å². The fourth-order valence-electron chi connectivity index (χ4n) is 10.7. The maximum atomic E-state index is 5.88. The van der Waals surface area contributed by atoms with Crippen molar-refractivity contribution in [3.8, 4) is 34.1 Å². The third kappa shape index (κ3) is 4.86. The molecule has 0 N–H and O–H groups in total. The summed E-state index contributed by atoms with van der Waals surface area (Å²) in [5.41, 5.74) is 13.5. The van der Waals surface area contributed by atoms with E-state index in [9.17, 15) is 0 Å². The van der Waals surface area contributed by atoms with E-state index in [-0.39, 0.29) is 0 Å². The van der Waals surface area contributed by atoms with Crippen molar-refractivity contribution in [1.82, 2.24) is 23.3 Å². The fourth-order valence-corrected chi connectivity index (χ4v) is 10.7. The minimum Gasteiger partial charge on any atom is -0.307 e. The Bertz CT molecular complexity index is 3920. The van der Waals surface area contributed by atoms with Crippen molar-refractivity contribution >= 4 is 87.2 Å². The van der Waals surface area contributed by atoms with Gasteiger partial charge in [0.1, 0.15) is 11.6 Å². The molecule has 5 nitrogen and oxygen atoms in total. The lowest BCUT2D eigenvalue weighted by Gasteiger charge is -2.16. The number of benzene rings is 9. The van der Waals surface area contributed by atoms with Gasteiger partial charge in [0, 0.05) is 54.5 Å². The Morgan fingerprint density at radius 3 is 0.906 bits per heavy atom. The maximum absolute atomic E-state index is 5.88. The molecular formula is C59H37N5. The average molecular weight is 816 g/mol. The van der Waals surface area contributed by atoms with Gasteiger partial charge in [0.25, 0.3) is 0 Å². The lowest BCUT2D eigenvalue weighted by atomic mass is 10.1. The van der Waals surface area contributed by atoms with Crippen molar-refractivity contribution in [2.24, 2.45) is 0 Å². The molecule has 0 radical (unpaired) electrons. The Morgan fingerprint density at radius 2 is 0.531 bits per heavy atom. The average Bonchev–Trinajstić information content (AvgIpc) is 4.10. The molecule has 14 aromatic rings. The van der Waals surface area contributed by atoms with Crippen molar-refractivity contribution in [2.75, 3.05) is 0 Å². The number of aromatic nitrogens is 5. The van der Waals surface area contributed by atoms with Crippen molar-refractivity contribution < 1.29 is 0 Å². The van der Waals surface area contributed by atoms with Gasteiger partial charge in [-0.05, 0) is 71.8 Å². The second-order valence-electron chi connectivity index (χ2n) is 16.7. The summed E-state index contributed by atoms with van der Waals surface area (Å²) in [4.78, 5) is 5.88. The van der Waals surface area contributed by atoms with Crippen LogP contribution in [0.4, 0.5) is 0 Å². The molecule has 9 aromatic carbocycles. The van der Waals surface area contributed by atoms with E-state index >= 15 is 0 Å². The van der Waals surface area contributed by atoms with Crippen LogP contribution in [0.5, 0.6) is 0 Å². The molecule has 0 saturated carbocycles. The first kappa shape index (κ1) is 35.0. The van der Waals surface area contributed by atoms with E-state index in [1.807, 2.05) is 0 Å². The molecule has 5 aromatic heterocycles. The number of hydrogen-bond donors (Lipinski definition) is 0. The molecule has 0 saturated heterocycles. The Hall–Kier alpha value is -8.67. The normalized spacial score (nSPS) is 12.1. The fraction of sp³-hybridized carbons (Fsp3) is 0. The predicted octanol–water partition coefficient (Wildman–Crippen LogP) is 15.1. The van der Waals surface area contributed by atoms with Crippen LogP contribution in [0.2, 0.25) is 0 Å². The van der Waals surface area contributed by atoms with E-state index in [1.54, 1.807) is 0 Å². The quantitative estimate of drug-likeness (QED) is 0.170. The largest absolute Gasteiger partial charge is 0.307 e. The van der Waals surface area contributed by atoms with E-state index in [0.29, 0.717) is 0 Å². The van der Waals surface area contributed by atoms with Crippen LogP contribution in [0.3, 0.4) is 0 Å². The molecule has 0 aliphatic carbocycles. The van der Waals surface area contributed by atoms with Crippen LogP contribution < -0.4 is 0 Å². The summed E-state index contributed by atoms with van der Waals surface area (Å²) in [7, 11) is 0. The molecule has 5 heterocycles. The second kappa shape index (κ2) is 13.4. The van der Waals surface area contributed by atoms with Gasteiger partial charge >= 0.3 is 0 Å². The molecule has 0 amide bonds. The Labute approximate surface area is 367 Å². The van der Waals surface area contributed by atoms with Crippen molar-refractivity contribution in [3.63, 3.8) is 0 Å². The minimum absolute atomic E-state index is 0.849. The zero-order chi connectivity index (χ0) is 41.9. The molecule has 0 unspecified atom stereocenters. The summed E-state index contributed by atoms with van der Waals surface area (Å²) in [6.07, 6.45) is 0. The summed E-state index contributed by atoms with van der Waals surface area (Å²) < 4.78 is 9.73. The van der Waals surface area contributed by atoms with Gasteiger partial charge in [-0.15, -0.1) is 0 Å². The van der Waals surface area contributed by atoms with Gasteiger partial charge in [-0.1, -0.05) is 164 Å². The highest BCUT2D eigenvalue weighted by atomic mass is 15.2. The van der Waals surface area contributed by atoms with Gasteiger partial charge in [0.15, 0.2) is 0 Å². The predicted molar refractivity (Wildman–Crippen MR) is 267 cm³/mol. The molecule has 0 spiro atoms. The Kier molecular flexibility index (Phi) is 7.33. The van der Waals surface area contributed by atoms with E-state index in [0.717, 1.165) is 67.2 Å². The molecule has 0 fully saturated rings. The SMILES string of the molecule is c1ccc(-c2cc(-n3c4ccccc4c4ccc5c6ccccc6n(-c6ccccc6)c5c43)nc(-n3c4ccccc4c4ccc5c6ccccc6n(-c6ccccc6)c5c43)c2)cc1. The van der Waals surface area contributed by atoms with Crippen LogP contribution >= 0.6 is 0 Å². The number of rotatable bonds is 5. The molecule has 0 aliphatic heterocycles. The van der Waals surface area contributed by atoms with Gasteiger partial charge in [-0.25, -0.2) is 4.98 Å². The van der Waals surface area contributed by atoms with E-state index in [2.05, 4.69) is 243 Å². The third-order valence-electron chi connectivity index (χ3n) is 13.3. The molecule has 0 atom stereocenters. The highest BCUT2D eigenvalue weighted by Gasteiger charge is 2.25. The van der Waals surface area contributed by atoms with Gasteiger partial charge in [0.2, 0.25) is 0 Å². The third-order valence-corrected chi connectivity index (χ3v) is 13.3. The summed E-state index contributed by atoms with van der Waals surface area (Å²) in [5.74, 6) is 1.70. The second-order valence-corrected chi connectivity index (χ2v) is 16.7. The Morgan fingerprint density at radius 1 is 0.234 bits per heavy atom. The van der Waals surface area contributed by atoms with Crippen LogP contribution in [0, 0.1) is 0 Å². The van der Waals surface area contributed by atoms with Crippen LogP contribution in [0.25, 0.3) is 121 Å². The first-order valence-corrected chi connectivity index (χ1v) is 21.9. The number of fused-ring (bicyclic) bond motifs is 14. The highest BCUT2D eigenvalue weighted by Crippen LogP contribution is 2.44. The van der Waals surface area contributed by atoms with Crippen LogP contribution in [0.1, 0.15) is 0 Å². The molecule has 0 aliphatic rings. The molecule has 0 bridgehead atoms. The van der Waals surface area contributed by atoms with Gasteiger partial charge in [-0.2, -0.15) is 0 Å². The summed E-state index contributed by atoms with van der Waals surface area (Å²) in [6.45, 7) is 0. The molecule has 14 rings (SSSR count). The van der Waals surface area contributed by atoms with Crippen LogP contribution in [-0.2, 0) is 0 Å². The van der Waals surface area contributed by atoms with Gasteiger partial charge in [0.05, 0.1) is 44.1 Å². The van der Waals surface area contributed by atoms with Gasteiger partial charge < -0.3 is 9.13 Å². The molecule has 64 heavy (non-hydrogen) atoms. The standard InChI is InChI=1S/C59H37N5/c1-4-18-38(19-5-1)39-36-54(63-52-30-16-12-26-44(52)48-34-32-46-42-24-10-14-28-50(42)61(56(46)58(48)63)40-20-6-2-7-21-40)60-55(37-39)64-53-31-17-13-27-45(53)49-35-33-47-43-25-11-15-29-51(43)62(57(47)59(49)64)41-22-8-3-9-23-41/h1-37H. The zero-order valence-corrected chi connectivity index (χ0v) is 34.6. The van der Waals surface area contributed by atoms with Gasteiger partial charge in [-0.3, -0.25) is 9.13 Å². The number of hydrogen-bond acceptors (Lipinski definition) is 1. The number of pyridine rings is 1. The number of para-hydroxylation sites is 6. The monoisotopic (exact) mass is 815 g/mol. The summed E-state index contributed by atoms with van der Waals surface area (Å²) in [6, 6.07) is 81.2. The maximum Gasteiger partial charge on any atom is 0.140 e. The summed E-state index contributed by atoms with van der Waals surface area (Å²) >= 11 is 0. The van der Waals surface area contributed by atoms with E-state index in [1.165, 1.54) is 54.1 Å². The van der Waals surface area contributed by atoms with Crippen LogP contribution in [0.15, 0.2) is 224 Å². The number of nitrogens with zero attached hydrogens (tertiary/aromatic N) is 5. The topological polar surface area (TPSA) is 32.6 Å².